The van der Waals surface area contributed by atoms with Gasteiger partial charge in [0.25, 0.3) is 0 Å². The predicted octanol–water partition coefficient (Wildman–Crippen LogP) is 3.02. The number of aromatic nitrogens is 2. The lowest BCUT2D eigenvalue weighted by molar-refractivity contribution is 0.251. The first-order valence-electron chi connectivity index (χ1n) is 8.12. The van der Waals surface area contributed by atoms with Crippen molar-refractivity contribution in [3.63, 3.8) is 0 Å². The minimum Gasteiger partial charge on any atom is -0.495 e. The Hall–Kier alpha value is -2.18. The van der Waals surface area contributed by atoms with E-state index in [1.54, 1.807) is 24.6 Å². The van der Waals surface area contributed by atoms with Crippen LogP contribution >= 0.6 is 11.3 Å². The maximum Gasteiger partial charge on any atom is 0.137 e. The van der Waals surface area contributed by atoms with Crippen LogP contribution in [0, 0.1) is 0 Å². The SMILES string of the molecule is COc1cnc2sc(CN3CCN(c4ccccn4)CC3)cc2c1. The maximum absolute atomic E-state index is 5.26. The molecule has 0 bridgehead atoms. The highest BCUT2D eigenvalue weighted by Gasteiger charge is 2.18. The first kappa shape index (κ1) is 15.4. The van der Waals surface area contributed by atoms with Gasteiger partial charge in [0.1, 0.15) is 16.4 Å². The molecule has 0 unspecified atom stereocenters. The van der Waals surface area contributed by atoms with E-state index < -0.39 is 0 Å². The van der Waals surface area contributed by atoms with Crippen LogP contribution in [0.3, 0.4) is 0 Å². The van der Waals surface area contributed by atoms with Gasteiger partial charge in [-0.25, -0.2) is 9.97 Å². The lowest BCUT2D eigenvalue weighted by atomic mass is 10.2. The normalized spacial score (nSPS) is 15.8. The summed E-state index contributed by atoms with van der Waals surface area (Å²) in [6, 6.07) is 10.4. The number of piperazine rings is 1. The molecule has 1 aliphatic rings. The minimum atomic E-state index is 0.816. The summed E-state index contributed by atoms with van der Waals surface area (Å²) in [4.78, 5) is 16.2. The van der Waals surface area contributed by atoms with Crippen LogP contribution in [0.4, 0.5) is 5.82 Å². The van der Waals surface area contributed by atoms with E-state index in [0.29, 0.717) is 0 Å². The van der Waals surface area contributed by atoms with Crippen LogP contribution in [0.15, 0.2) is 42.7 Å². The van der Waals surface area contributed by atoms with Crippen LogP contribution in [-0.2, 0) is 6.54 Å². The molecule has 0 aliphatic carbocycles. The molecule has 1 fully saturated rings. The van der Waals surface area contributed by atoms with Crippen molar-refractivity contribution >= 4 is 27.4 Å². The van der Waals surface area contributed by atoms with E-state index in [1.807, 2.05) is 18.3 Å². The van der Waals surface area contributed by atoms with E-state index in [4.69, 9.17) is 4.74 Å². The quantitative estimate of drug-likeness (QED) is 0.730. The van der Waals surface area contributed by atoms with Crippen molar-refractivity contribution < 1.29 is 4.74 Å². The van der Waals surface area contributed by atoms with E-state index in [9.17, 15) is 0 Å². The number of methoxy groups -OCH3 is 1. The molecule has 0 spiro atoms. The van der Waals surface area contributed by atoms with E-state index in [1.165, 1.54) is 10.3 Å². The maximum atomic E-state index is 5.26. The summed E-state index contributed by atoms with van der Waals surface area (Å²) >= 11 is 1.77. The second-order valence-corrected chi connectivity index (χ2v) is 7.05. The molecule has 3 aromatic rings. The van der Waals surface area contributed by atoms with E-state index in [0.717, 1.165) is 49.1 Å². The molecule has 0 aromatic carbocycles. The number of nitrogens with zero attached hydrogens (tertiary/aromatic N) is 4. The van der Waals surface area contributed by atoms with Gasteiger partial charge in [0.2, 0.25) is 0 Å². The zero-order valence-corrected chi connectivity index (χ0v) is 14.5. The van der Waals surface area contributed by atoms with Crippen LogP contribution in [0.2, 0.25) is 0 Å². The summed E-state index contributed by atoms with van der Waals surface area (Å²) in [5.74, 6) is 1.89. The van der Waals surface area contributed by atoms with Crippen molar-refractivity contribution in [2.24, 2.45) is 0 Å². The molecule has 6 heteroatoms. The van der Waals surface area contributed by atoms with Gasteiger partial charge in [-0.3, -0.25) is 4.90 Å². The zero-order chi connectivity index (χ0) is 16.4. The Bertz CT molecular complexity index is 812. The summed E-state index contributed by atoms with van der Waals surface area (Å²) < 4.78 is 5.26. The second-order valence-electron chi connectivity index (χ2n) is 5.93. The number of anilines is 1. The van der Waals surface area contributed by atoms with Crippen LogP contribution in [-0.4, -0.2) is 48.2 Å². The number of pyridine rings is 2. The van der Waals surface area contributed by atoms with E-state index >= 15 is 0 Å². The van der Waals surface area contributed by atoms with Crippen molar-refractivity contribution in [1.82, 2.24) is 14.9 Å². The van der Waals surface area contributed by atoms with Gasteiger partial charge in [-0.05, 0) is 24.3 Å². The Morgan fingerprint density at radius 3 is 2.75 bits per heavy atom. The molecule has 1 aliphatic heterocycles. The fourth-order valence-electron chi connectivity index (χ4n) is 3.05. The number of rotatable bonds is 4. The lowest BCUT2D eigenvalue weighted by Gasteiger charge is -2.35. The average molecular weight is 340 g/mol. The molecule has 4 rings (SSSR count). The van der Waals surface area contributed by atoms with E-state index in [-0.39, 0.29) is 0 Å². The fourth-order valence-corrected chi connectivity index (χ4v) is 4.07. The number of hydrogen-bond acceptors (Lipinski definition) is 6. The molecule has 0 amide bonds. The fraction of sp³-hybridized carbons (Fsp3) is 0.333. The first-order chi connectivity index (χ1) is 11.8. The number of thiophene rings is 1. The van der Waals surface area contributed by atoms with Crippen molar-refractivity contribution in [1.29, 1.82) is 0 Å². The zero-order valence-electron chi connectivity index (χ0n) is 13.7. The molecule has 1 saturated heterocycles. The Kier molecular flexibility index (Phi) is 4.32. The third-order valence-electron chi connectivity index (χ3n) is 4.36. The van der Waals surface area contributed by atoms with Gasteiger partial charge in [-0.15, -0.1) is 11.3 Å². The Morgan fingerprint density at radius 2 is 2.00 bits per heavy atom. The molecule has 124 valence electrons. The molecular formula is C18H20N4OS. The van der Waals surface area contributed by atoms with E-state index in [2.05, 4.69) is 38.0 Å². The summed E-state index contributed by atoms with van der Waals surface area (Å²) in [6.07, 6.45) is 3.65. The molecule has 4 heterocycles. The van der Waals surface area contributed by atoms with Gasteiger partial charge >= 0.3 is 0 Å². The molecule has 0 saturated carbocycles. The highest BCUT2D eigenvalue weighted by molar-refractivity contribution is 7.18. The molecule has 24 heavy (non-hydrogen) atoms. The van der Waals surface area contributed by atoms with Crippen molar-refractivity contribution in [2.45, 2.75) is 6.54 Å². The van der Waals surface area contributed by atoms with Crippen LogP contribution < -0.4 is 9.64 Å². The van der Waals surface area contributed by atoms with Crippen molar-refractivity contribution in [3.8, 4) is 5.75 Å². The summed E-state index contributed by atoms with van der Waals surface area (Å²) in [5.41, 5.74) is 0. The number of hydrogen-bond donors (Lipinski definition) is 0. The molecule has 5 nitrogen and oxygen atoms in total. The van der Waals surface area contributed by atoms with Crippen LogP contribution in [0.1, 0.15) is 4.88 Å². The smallest absolute Gasteiger partial charge is 0.137 e. The van der Waals surface area contributed by atoms with Crippen LogP contribution in [0.25, 0.3) is 10.2 Å². The topological polar surface area (TPSA) is 41.5 Å². The summed E-state index contributed by atoms with van der Waals surface area (Å²) in [5, 5.41) is 1.17. The summed E-state index contributed by atoms with van der Waals surface area (Å²) in [6.45, 7) is 5.14. The predicted molar refractivity (Wildman–Crippen MR) is 97.9 cm³/mol. The lowest BCUT2D eigenvalue weighted by Crippen LogP contribution is -2.46. The van der Waals surface area contributed by atoms with Gasteiger partial charge in [-0.1, -0.05) is 6.07 Å². The molecule has 0 radical (unpaired) electrons. The largest absolute Gasteiger partial charge is 0.495 e. The van der Waals surface area contributed by atoms with Gasteiger partial charge in [0.05, 0.1) is 13.3 Å². The highest BCUT2D eigenvalue weighted by Crippen LogP contribution is 2.28. The Balaban J connectivity index is 1.40. The first-order valence-corrected chi connectivity index (χ1v) is 8.94. The molecule has 3 aromatic heterocycles. The van der Waals surface area contributed by atoms with Gasteiger partial charge in [0.15, 0.2) is 0 Å². The van der Waals surface area contributed by atoms with Crippen LogP contribution in [0.5, 0.6) is 5.75 Å². The second kappa shape index (κ2) is 6.75. The summed E-state index contributed by atoms with van der Waals surface area (Å²) in [7, 11) is 1.68. The molecular weight excluding hydrogens is 320 g/mol. The third kappa shape index (κ3) is 3.20. The Morgan fingerprint density at radius 1 is 1.12 bits per heavy atom. The number of ether oxygens (including phenoxy) is 1. The monoisotopic (exact) mass is 340 g/mol. The number of fused-ring (bicyclic) bond motifs is 1. The molecule has 0 N–H and O–H groups in total. The minimum absolute atomic E-state index is 0.816. The highest BCUT2D eigenvalue weighted by atomic mass is 32.1. The van der Waals surface area contributed by atoms with Crippen molar-refractivity contribution in [3.05, 3.63) is 47.6 Å². The van der Waals surface area contributed by atoms with Gasteiger partial charge in [-0.2, -0.15) is 0 Å². The van der Waals surface area contributed by atoms with Crippen molar-refractivity contribution in [2.75, 3.05) is 38.2 Å². The van der Waals surface area contributed by atoms with Gasteiger partial charge in [0, 0.05) is 49.2 Å². The standard InChI is InChI=1S/C18H20N4OS/c1-23-15-10-14-11-16(24-18(14)20-12-15)13-21-6-8-22(9-7-21)17-4-2-3-5-19-17/h2-5,10-12H,6-9,13H2,1H3. The average Bonchev–Trinajstić information content (AvgIpc) is 3.04. The molecule has 0 atom stereocenters. The third-order valence-corrected chi connectivity index (χ3v) is 5.40. The van der Waals surface area contributed by atoms with Gasteiger partial charge < -0.3 is 9.64 Å². The Labute approximate surface area is 145 Å².